The molecule has 1 aromatic rings. The van der Waals surface area contributed by atoms with Crippen LogP contribution in [0.5, 0.6) is 0 Å². The number of nitrogens with one attached hydrogen (secondary N) is 1. The molecule has 14 heavy (non-hydrogen) atoms. The van der Waals surface area contributed by atoms with E-state index in [0.29, 0.717) is 0 Å². The van der Waals surface area contributed by atoms with Gasteiger partial charge in [0.2, 0.25) is 0 Å². The first-order chi connectivity index (χ1) is 6.52. The Morgan fingerprint density at radius 3 is 1.93 bits per heavy atom. The Kier molecular flexibility index (Phi) is 7.40. The van der Waals surface area contributed by atoms with Crippen LogP contribution in [-0.2, 0) is 0 Å². The molecule has 2 heteroatoms. The van der Waals surface area contributed by atoms with Crippen molar-refractivity contribution in [1.29, 1.82) is 0 Å². The molecule has 0 atom stereocenters. The van der Waals surface area contributed by atoms with Crippen LogP contribution in [0.3, 0.4) is 0 Å². The summed E-state index contributed by atoms with van der Waals surface area (Å²) < 4.78 is 6.55. The topological polar surface area (TPSA) is 12.0 Å². The van der Waals surface area contributed by atoms with Crippen LogP contribution in [0.15, 0.2) is 18.2 Å². The molecule has 0 radical (unpaired) electrons. The molecule has 0 bridgehead atoms. The zero-order valence-corrected chi connectivity index (χ0v) is 13.7. The molecule has 0 saturated heterocycles. The fraction of sp³-hybridized carbons (Fsp3) is 0.500. The van der Waals surface area contributed by atoms with E-state index in [1.807, 2.05) is 14.1 Å². The van der Waals surface area contributed by atoms with Gasteiger partial charge in [0.1, 0.15) is 0 Å². The molecule has 80 valence electrons. The third-order valence-corrected chi connectivity index (χ3v) is 7.53. The molecule has 1 nitrogen and oxygen atoms in total. The fourth-order valence-electron chi connectivity index (χ4n) is 1.31. The minimum absolute atomic E-state index is 1.17. The number of hydrogen-bond donors (Lipinski definition) is 1. The molecule has 1 rings (SSSR count). The summed E-state index contributed by atoms with van der Waals surface area (Å²) in [6, 6.07) is 6.85. The van der Waals surface area contributed by atoms with Gasteiger partial charge in [0.05, 0.1) is 0 Å². The second-order valence-corrected chi connectivity index (χ2v) is 12.5. The molecule has 0 spiro atoms. The van der Waals surface area contributed by atoms with E-state index in [4.69, 9.17) is 0 Å². The summed E-state index contributed by atoms with van der Waals surface area (Å²) in [6.07, 6.45) is 0. The van der Waals surface area contributed by atoms with E-state index in [9.17, 15) is 0 Å². The van der Waals surface area contributed by atoms with Gasteiger partial charge in [-0.2, -0.15) is 0 Å². The van der Waals surface area contributed by atoms with Gasteiger partial charge in [0.25, 0.3) is 0 Å². The summed E-state index contributed by atoms with van der Waals surface area (Å²) in [6.45, 7) is 4.39. The van der Waals surface area contributed by atoms with Crippen LogP contribution in [0.4, 0.5) is 0 Å². The van der Waals surface area contributed by atoms with Crippen molar-refractivity contribution < 1.29 is 0 Å². The van der Waals surface area contributed by atoms with Gasteiger partial charge in [-0.3, -0.25) is 0 Å². The van der Waals surface area contributed by atoms with Gasteiger partial charge in [-0.15, -0.1) is 0 Å². The third kappa shape index (κ3) is 5.07. The van der Waals surface area contributed by atoms with Crippen LogP contribution in [0.1, 0.15) is 11.1 Å². The van der Waals surface area contributed by atoms with Crippen molar-refractivity contribution in [3.8, 4) is 0 Å². The molecule has 0 aliphatic heterocycles. The molecule has 0 aliphatic carbocycles. The average Bonchev–Trinajstić information content (AvgIpc) is 2.04. The van der Waals surface area contributed by atoms with Crippen molar-refractivity contribution in [1.82, 2.24) is 5.32 Å². The molecule has 0 heterocycles. The van der Waals surface area contributed by atoms with E-state index in [2.05, 4.69) is 46.6 Å². The third-order valence-electron chi connectivity index (χ3n) is 1.83. The molecule has 0 unspecified atom stereocenters. The second-order valence-electron chi connectivity index (χ2n) is 3.68. The standard InChI is InChI=1S/C8H9.C2H7N.2CH3.Bi/c1-7-4-3-5-8(2)6-7;1-3-2;;;/h3-4,6H,1-2H3;3H,1-2H3;2*1H3;. The van der Waals surface area contributed by atoms with Gasteiger partial charge in [0, 0.05) is 0 Å². The monoisotopic (exact) mass is 389 g/mol. The minimum atomic E-state index is -1.17. The number of aryl methyl sites for hydroxylation is 2. The molecular formula is C12H22BiN. The Bertz CT molecular complexity index is 269. The summed E-state index contributed by atoms with van der Waals surface area (Å²) in [5, 5.41) is 2.75. The van der Waals surface area contributed by atoms with Crippen molar-refractivity contribution in [2.24, 2.45) is 0 Å². The van der Waals surface area contributed by atoms with Crippen molar-refractivity contribution in [2.45, 2.75) is 23.1 Å². The van der Waals surface area contributed by atoms with Gasteiger partial charge in [-0.1, -0.05) is 0 Å². The van der Waals surface area contributed by atoms with Crippen LogP contribution >= 0.6 is 0 Å². The van der Waals surface area contributed by atoms with Crippen molar-refractivity contribution >= 4 is 25.0 Å². The van der Waals surface area contributed by atoms with E-state index in [1.54, 1.807) is 3.27 Å². The van der Waals surface area contributed by atoms with Gasteiger partial charge in [-0.25, -0.2) is 0 Å². The zero-order valence-electron chi connectivity index (χ0n) is 10.2. The molecular weight excluding hydrogens is 367 g/mol. The normalized spacial score (nSPS) is 9.64. The van der Waals surface area contributed by atoms with Crippen LogP contribution in [-0.4, -0.2) is 35.8 Å². The Balaban J connectivity index is 0.000000500. The summed E-state index contributed by atoms with van der Waals surface area (Å²) in [4.78, 5) is 0. The van der Waals surface area contributed by atoms with E-state index < -0.39 is 21.8 Å². The van der Waals surface area contributed by atoms with Crippen LogP contribution in [0.25, 0.3) is 0 Å². The Morgan fingerprint density at radius 2 is 1.57 bits per heavy atom. The van der Waals surface area contributed by atoms with Crippen LogP contribution in [0.2, 0.25) is 9.26 Å². The van der Waals surface area contributed by atoms with Crippen molar-refractivity contribution in [3.63, 3.8) is 0 Å². The van der Waals surface area contributed by atoms with Crippen LogP contribution in [0, 0.1) is 13.8 Å². The first kappa shape index (κ1) is 14.1. The number of hydrogen-bond acceptors (Lipinski definition) is 1. The van der Waals surface area contributed by atoms with Crippen molar-refractivity contribution in [3.05, 3.63) is 29.3 Å². The predicted molar refractivity (Wildman–Crippen MR) is 68.0 cm³/mol. The Morgan fingerprint density at radius 1 is 1.07 bits per heavy atom. The predicted octanol–water partition coefficient (Wildman–Crippen LogP) is 2.10. The summed E-state index contributed by atoms with van der Waals surface area (Å²) in [7, 11) is 3.75. The Hall–Kier alpha value is 0.0631. The van der Waals surface area contributed by atoms with Gasteiger partial charge in [0.15, 0.2) is 0 Å². The first-order valence-corrected chi connectivity index (χ1v) is 13.5. The first-order valence-electron chi connectivity index (χ1n) is 4.86. The van der Waals surface area contributed by atoms with E-state index in [0.717, 1.165) is 0 Å². The Labute approximate surface area is 96.6 Å². The van der Waals surface area contributed by atoms with E-state index >= 15 is 0 Å². The molecule has 1 N–H and O–H groups in total. The van der Waals surface area contributed by atoms with Gasteiger partial charge in [-0.05, 0) is 14.1 Å². The maximum absolute atomic E-state index is 2.75. The molecule has 1 aromatic carbocycles. The zero-order chi connectivity index (χ0) is 11.1. The fourth-order valence-corrected chi connectivity index (χ4v) is 5.75. The summed E-state index contributed by atoms with van der Waals surface area (Å²) in [5.41, 5.74) is 2.89. The van der Waals surface area contributed by atoms with E-state index in [-0.39, 0.29) is 0 Å². The molecule has 0 saturated carbocycles. The second kappa shape index (κ2) is 7.37. The molecule has 0 aliphatic rings. The SMILES string of the molecule is CNC.Cc1cc[c]([Bi]([CH3])[CH3])c(C)c1. The molecule has 0 amide bonds. The average molecular weight is 389 g/mol. The van der Waals surface area contributed by atoms with Gasteiger partial charge < -0.3 is 5.32 Å². The molecule has 0 aromatic heterocycles. The van der Waals surface area contributed by atoms with Gasteiger partial charge >= 0.3 is 77.5 Å². The summed E-state index contributed by atoms with van der Waals surface area (Å²) >= 11 is -1.17. The van der Waals surface area contributed by atoms with Crippen molar-refractivity contribution in [2.75, 3.05) is 14.1 Å². The number of rotatable bonds is 1. The quantitative estimate of drug-likeness (QED) is 0.726. The van der Waals surface area contributed by atoms with E-state index in [1.165, 1.54) is 11.1 Å². The van der Waals surface area contributed by atoms with Crippen LogP contribution < -0.4 is 8.59 Å². The number of benzene rings is 1. The molecule has 0 fully saturated rings. The summed E-state index contributed by atoms with van der Waals surface area (Å²) in [5.74, 6) is 0. The maximum atomic E-state index is 2.75.